The Morgan fingerprint density at radius 3 is 2.46 bits per heavy atom. The molecule has 0 saturated carbocycles. The summed E-state index contributed by atoms with van der Waals surface area (Å²) < 4.78 is 0. The summed E-state index contributed by atoms with van der Waals surface area (Å²) in [5.74, 6) is -0.520. The zero-order valence-corrected chi connectivity index (χ0v) is 17.6. The minimum Gasteiger partial charge on any atom is -0.480 e. The van der Waals surface area contributed by atoms with Crippen LogP contribution in [0.4, 0.5) is 4.79 Å². The Morgan fingerprint density at radius 2 is 1.89 bits per heavy atom. The number of rotatable bonds is 7. The number of carbonyl (C=O) groups excluding carboxylic acids is 1. The van der Waals surface area contributed by atoms with Crippen molar-refractivity contribution in [2.45, 2.75) is 58.5 Å². The Bertz CT molecular complexity index is 645. The van der Waals surface area contributed by atoms with E-state index in [1.54, 1.807) is 0 Å². The average Bonchev–Trinajstić information content (AvgIpc) is 2.91. The van der Waals surface area contributed by atoms with Crippen LogP contribution in [0.15, 0.2) is 24.3 Å². The molecule has 0 aromatic heterocycles. The molecule has 156 valence electrons. The zero-order valence-electron chi connectivity index (χ0n) is 17.6. The van der Waals surface area contributed by atoms with Crippen molar-refractivity contribution in [3.63, 3.8) is 0 Å². The Morgan fingerprint density at radius 1 is 1.21 bits per heavy atom. The van der Waals surface area contributed by atoms with Crippen molar-refractivity contribution in [2.75, 3.05) is 26.7 Å². The highest BCUT2D eigenvalue weighted by molar-refractivity contribution is 5.74. The lowest BCUT2D eigenvalue weighted by molar-refractivity contribution is -0.138. The predicted octanol–water partition coefficient (Wildman–Crippen LogP) is 3.53. The highest BCUT2D eigenvalue weighted by Crippen LogP contribution is 2.23. The largest absolute Gasteiger partial charge is 0.480 e. The van der Waals surface area contributed by atoms with Crippen LogP contribution in [0, 0.1) is 5.92 Å². The lowest BCUT2D eigenvalue weighted by Crippen LogP contribution is -2.44. The fourth-order valence-electron chi connectivity index (χ4n) is 3.88. The van der Waals surface area contributed by atoms with Gasteiger partial charge < -0.3 is 15.3 Å². The second kappa shape index (κ2) is 10.5. The number of benzene rings is 1. The van der Waals surface area contributed by atoms with Gasteiger partial charge >= 0.3 is 12.0 Å². The SMILES string of the molecule is CCc1ccc(C(NC(=O)N2CCCC(N(C)CC(=O)O)CC2)C(C)C)cc1. The van der Waals surface area contributed by atoms with Crippen molar-refractivity contribution < 1.29 is 14.7 Å². The number of urea groups is 1. The molecule has 1 heterocycles. The molecular formula is C22H35N3O3. The summed E-state index contributed by atoms with van der Waals surface area (Å²) in [6.45, 7) is 7.79. The van der Waals surface area contributed by atoms with E-state index in [2.05, 4.69) is 50.4 Å². The molecule has 1 fully saturated rings. The summed E-state index contributed by atoms with van der Waals surface area (Å²) >= 11 is 0. The first-order chi connectivity index (χ1) is 13.3. The molecule has 1 aliphatic rings. The number of carboxylic acids is 1. The van der Waals surface area contributed by atoms with E-state index in [9.17, 15) is 9.59 Å². The van der Waals surface area contributed by atoms with E-state index in [-0.39, 0.29) is 30.6 Å². The van der Waals surface area contributed by atoms with Gasteiger partial charge in [0.05, 0.1) is 12.6 Å². The monoisotopic (exact) mass is 389 g/mol. The molecule has 2 amide bonds. The van der Waals surface area contributed by atoms with Crippen molar-refractivity contribution in [2.24, 2.45) is 5.92 Å². The van der Waals surface area contributed by atoms with Gasteiger partial charge in [0.2, 0.25) is 0 Å². The number of nitrogens with one attached hydrogen (secondary N) is 1. The molecule has 2 rings (SSSR count). The normalized spacial score (nSPS) is 18.8. The fraction of sp³-hybridized carbons (Fsp3) is 0.636. The van der Waals surface area contributed by atoms with E-state index in [1.165, 1.54) is 5.56 Å². The van der Waals surface area contributed by atoms with Gasteiger partial charge in [-0.2, -0.15) is 0 Å². The molecule has 2 unspecified atom stereocenters. The maximum absolute atomic E-state index is 12.9. The van der Waals surface area contributed by atoms with Crippen molar-refractivity contribution >= 4 is 12.0 Å². The third kappa shape index (κ3) is 6.23. The van der Waals surface area contributed by atoms with Crippen molar-refractivity contribution in [1.82, 2.24) is 15.1 Å². The molecule has 0 spiro atoms. The van der Waals surface area contributed by atoms with E-state index < -0.39 is 5.97 Å². The molecule has 0 bridgehead atoms. The second-order valence-corrected chi connectivity index (χ2v) is 8.15. The summed E-state index contributed by atoms with van der Waals surface area (Å²) in [5.41, 5.74) is 2.43. The topological polar surface area (TPSA) is 72.9 Å². The van der Waals surface area contributed by atoms with Crippen LogP contribution in [-0.4, -0.2) is 59.6 Å². The van der Waals surface area contributed by atoms with Crippen LogP contribution in [0.2, 0.25) is 0 Å². The van der Waals surface area contributed by atoms with E-state index in [4.69, 9.17) is 5.11 Å². The van der Waals surface area contributed by atoms with Crippen LogP contribution in [-0.2, 0) is 11.2 Å². The standard InChI is InChI=1S/C22H35N3O3/c1-5-17-8-10-18(11-9-17)21(16(2)3)23-22(28)25-13-6-7-19(12-14-25)24(4)15-20(26)27/h8-11,16,19,21H,5-7,12-15H2,1-4H3,(H,23,28)(H,26,27). The second-order valence-electron chi connectivity index (χ2n) is 8.15. The van der Waals surface area contributed by atoms with Crippen LogP contribution in [0.25, 0.3) is 0 Å². The van der Waals surface area contributed by atoms with Gasteiger partial charge in [-0.3, -0.25) is 9.69 Å². The molecule has 1 aliphatic heterocycles. The number of nitrogens with zero attached hydrogens (tertiary/aromatic N) is 2. The Hall–Kier alpha value is -2.08. The van der Waals surface area contributed by atoms with Crippen LogP contribution < -0.4 is 5.32 Å². The molecule has 28 heavy (non-hydrogen) atoms. The zero-order chi connectivity index (χ0) is 20.7. The minimum absolute atomic E-state index is 0.0212. The highest BCUT2D eigenvalue weighted by Gasteiger charge is 2.26. The van der Waals surface area contributed by atoms with Crippen molar-refractivity contribution in [3.05, 3.63) is 35.4 Å². The lowest BCUT2D eigenvalue weighted by Gasteiger charge is -2.28. The Kier molecular flexibility index (Phi) is 8.30. The number of likely N-dealkylation sites (N-methyl/N-ethyl adjacent to an activating group) is 1. The molecule has 1 aromatic carbocycles. The summed E-state index contributed by atoms with van der Waals surface area (Å²) in [5, 5.41) is 12.2. The quantitative estimate of drug-likeness (QED) is 0.748. The lowest BCUT2D eigenvalue weighted by atomic mass is 9.95. The first-order valence-corrected chi connectivity index (χ1v) is 10.4. The molecule has 1 saturated heterocycles. The number of aryl methyl sites for hydroxylation is 1. The molecule has 0 aliphatic carbocycles. The molecule has 1 aromatic rings. The number of hydrogen-bond donors (Lipinski definition) is 2. The van der Waals surface area contributed by atoms with E-state index in [0.717, 1.165) is 31.2 Å². The maximum atomic E-state index is 12.9. The highest BCUT2D eigenvalue weighted by atomic mass is 16.4. The first-order valence-electron chi connectivity index (χ1n) is 10.4. The third-order valence-electron chi connectivity index (χ3n) is 5.69. The van der Waals surface area contributed by atoms with E-state index >= 15 is 0 Å². The van der Waals surface area contributed by atoms with Crippen molar-refractivity contribution in [1.29, 1.82) is 0 Å². The summed E-state index contributed by atoms with van der Waals surface area (Å²) in [6.07, 6.45) is 3.61. The van der Waals surface area contributed by atoms with Gasteiger partial charge in [-0.15, -0.1) is 0 Å². The smallest absolute Gasteiger partial charge is 0.317 e. The summed E-state index contributed by atoms with van der Waals surface area (Å²) in [4.78, 5) is 27.6. The minimum atomic E-state index is -0.810. The van der Waals surface area contributed by atoms with E-state index in [0.29, 0.717) is 13.1 Å². The van der Waals surface area contributed by atoms with Crippen LogP contribution in [0.5, 0.6) is 0 Å². The molecule has 2 atom stereocenters. The summed E-state index contributed by atoms with van der Waals surface area (Å²) in [6, 6.07) is 8.65. The van der Waals surface area contributed by atoms with Gasteiger partial charge in [-0.1, -0.05) is 45.0 Å². The average molecular weight is 390 g/mol. The number of likely N-dealkylation sites (tertiary alicyclic amines) is 1. The van der Waals surface area contributed by atoms with Crippen LogP contribution in [0.1, 0.15) is 57.2 Å². The molecule has 0 radical (unpaired) electrons. The molecule has 2 N–H and O–H groups in total. The van der Waals surface area contributed by atoms with Gasteiger partial charge in [0.1, 0.15) is 0 Å². The molecule has 6 heteroatoms. The fourth-order valence-corrected chi connectivity index (χ4v) is 3.88. The van der Waals surface area contributed by atoms with Gasteiger partial charge in [0.25, 0.3) is 0 Å². The van der Waals surface area contributed by atoms with Gasteiger partial charge in [-0.25, -0.2) is 4.79 Å². The van der Waals surface area contributed by atoms with Crippen LogP contribution in [0.3, 0.4) is 0 Å². The van der Waals surface area contributed by atoms with Gasteiger partial charge in [-0.05, 0) is 49.8 Å². The predicted molar refractivity (Wildman–Crippen MR) is 111 cm³/mol. The van der Waals surface area contributed by atoms with Gasteiger partial charge in [0, 0.05) is 19.1 Å². The third-order valence-corrected chi connectivity index (χ3v) is 5.69. The number of hydrogen-bond acceptors (Lipinski definition) is 3. The van der Waals surface area contributed by atoms with E-state index in [1.807, 2.05) is 16.8 Å². The molecule has 6 nitrogen and oxygen atoms in total. The Labute approximate surface area is 168 Å². The van der Waals surface area contributed by atoms with Gasteiger partial charge in [0.15, 0.2) is 0 Å². The molecular weight excluding hydrogens is 354 g/mol. The maximum Gasteiger partial charge on any atom is 0.317 e. The number of carbonyl (C=O) groups is 2. The summed E-state index contributed by atoms with van der Waals surface area (Å²) in [7, 11) is 1.85. The number of aliphatic carboxylic acids is 1. The number of carboxylic acid groups (broad SMARTS) is 1. The van der Waals surface area contributed by atoms with Crippen LogP contribution >= 0.6 is 0 Å². The number of amides is 2. The Balaban J connectivity index is 1.98. The van der Waals surface area contributed by atoms with Crippen molar-refractivity contribution in [3.8, 4) is 0 Å². The first kappa shape index (κ1) is 22.2.